The van der Waals surface area contributed by atoms with E-state index in [9.17, 15) is 9.59 Å². The van der Waals surface area contributed by atoms with Gasteiger partial charge in [0.05, 0.1) is 25.1 Å². The van der Waals surface area contributed by atoms with Crippen molar-refractivity contribution in [2.75, 3.05) is 72.1 Å². The quantitative estimate of drug-likeness (QED) is 0.579. The number of rotatable bonds is 10. The lowest BCUT2D eigenvalue weighted by Crippen LogP contribution is -2.44. The second-order valence-corrected chi connectivity index (χ2v) is 7.94. The predicted octanol–water partition coefficient (Wildman–Crippen LogP) is 0.162. The van der Waals surface area contributed by atoms with Crippen molar-refractivity contribution < 1.29 is 14.3 Å². The van der Waals surface area contributed by atoms with Crippen molar-refractivity contribution in [3.05, 3.63) is 23.8 Å². The fourth-order valence-electron chi connectivity index (χ4n) is 3.75. The number of aromatic nitrogens is 2. The fraction of sp³-hybridized carbons (Fsp3) is 0.714. The van der Waals surface area contributed by atoms with Crippen molar-refractivity contribution in [2.45, 2.75) is 26.2 Å². The first-order valence-electron chi connectivity index (χ1n) is 11.0. The zero-order valence-corrected chi connectivity index (χ0v) is 18.0. The molecule has 0 aromatic carbocycles. The molecule has 2 aliphatic heterocycles. The van der Waals surface area contributed by atoms with E-state index in [0.717, 1.165) is 58.2 Å². The number of hydrogen-bond acceptors (Lipinski definition) is 7. The molecule has 9 nitrogen and oxygen atoms in total. The van der Waals surface area contributed by atoms with Crippen molar-refractivity contribution >= 4 is 11.8 Å². The van der Waals surface area contributed by atoms with Gasteiger partial charge >= 0.3 is 0 Å². The standard InChI is InChI=1S/C21H34N6O3/c1-18-16-24-19(17-23-18)21(29)27(11-10-26-12-14-30-15-13-26)8-4-20(28)22-5-9-25-6-2-3-7-25/h16-17H,2-15H2,1H3,(H,22,28). The first-order chi connectivity index (χ1) is 14.6. The number of aryl methyl sites for hydroxylation is 1. The van der Waals surface area contributed by atoms with Gasteiger partial charge in [-0.15, -0.1) is 0 Å². The highest BCUT2D eigenvalue weighted by Crippen LogP contribution is 2.06. The van der Waals surface area contributed by atoms with Crippen LogP contribution in [0.3, 0.4) is 0 Å². The Morgan fingerprint density at radius 1 is 1.03 bits per heavy atom. The van der Waals surface area contributed by atoms with Gasteiger partial charge in [-0.25, -0.2) is 4.98 Å². The molecule has 2 aliphatic rings. The van der Waals surface area contributed by atoms with Crippen LogP contribution in [-0.2, 0) is 9.53 Å². The Bertz CT molecular complexity index is 672. The zero-order chi connectivity index (χ0) is 21.2. The summed E-state index contributed by atoms with van der Waals surface area (Å²) < 4.78 is 5.39. The molecule has 1 N–H and O–H groups in total. The van der Waals surface area contributed by atoms with Gasteiger partial charge in [0.25, 0.3) is 5.91 Å². The molecule has 0 saturated carbocycles. The van der Waals surface area contributed by atoms with Crippen molar-refractivity contribution in [3.63, 3.8) is 0 Å². The highest BCUT2D eigenvalue weighted by Gasteiger charge is 2.20. The molecule has 1 aromatic rings. The Kier molecular flexibility index (Phi) is 8.98. The van der Waals surface area contributed by atoms with Gasteiger partial charge in [-0.3, -0.25) is 19.5 Å². The Hall–Kier alpha value is -2.10. The minimum atomic E-state index is -0.180. The molecule has 2 amide bonds. The van der Waals surface area contributed by atoms with Crippen LogP contribution in [0.4, 0.5) is 0 Å². The third-order valence-corrected chi connectivity index (χ3v) is 5.63. The van der Waals surface area contributed by atoms with E-state index >= 15 is 0 Å². The van der Waals surface area contributed by atoms with Crippen molar-refractivity contribution in [1.82, 2.24) is 30.0 Å². The fourth-order valence-corrected chi connectivity index (χ4v) is 3.75. The molecule has 0 aliphatic carbocycles. The lowest BCUT2D eigenvalue weighted by atomic mass is 10.3. The molecular weight excluding hydrogens is 384 g/mol. The number of nitrogens with one attached hydrogen (secondary N) is 1. The van der Waals surface area contributed by atoms with Crippen LogP contribution in [0, 0.1) is 6.92 Å². The third kappa shape index (κ3) is 7.30. The van der Waals surface area contributed by atoms with Gasteiger partial charge in [0.1, 0.15) is 5.69 Å². The van der Waals surface area contributed by atoms with E-state index < -0.39 is 0 Å². The summed E-state index contributed by atoms with van der Waals surface area (Å²) in [7, 11) is 0. The summed E-state index contributed by atoms with van der Waals surface area (Å²) in [4.78, 5) is 40.1. The molecule has 0 radical (unpaired) electrons. The number of morpholine rings is 1. The van der Waals surface area contributed by atoms with Gasteiger partial charge in [0.2, 0.25) is 5.91 Å². The summed E-state index contributed by atoms with van der Waals surface area (Å²) in [5.74, 6) is -0.200. The van der Waals surface area contributed by atoms with Crippen molar-refractivity contribution in [3.8, 4) is 0 Å². The summed E-state index contributed by atoms with van der Waals surface area (Å²) in [5, 5.41) is 2.98. The van der Waals surface area contributed by atoms with Crippen LogP contribution in [0.15, 0.2) is 12.4 Å². The van der Waals surface area contributed by atoms with E-state index in [4.69, 9.17) is 4.74 Å². The molecule has 1 aromatic heterocycles. The van der Waals surface area contributed by atoms with E-state index in [-0.39, 0.29) is 18.2 Å². The first kappa shape index (κ1) is 22.6. The average Bonchev–Trinajstić information content (AvgIpc) is 3.28. The van der Waals surface area contributed by atoms with Crippen LogP contribution in [0.1, 0.15) is 35.4 Å². The topological polar surface area (TPSA) is 90.9 Å². The van der Waals surface area contributed by atoms with E-state index in [1.165, 1.54) is 19.0 Å². The lowest BCUT2D eigenvalue weighted by molar-refractivity contribution is -0.121. The molecule has 0 bridgehead atoms. The highest BCUT2D eigenvalue weighted by atomic mass is 16.5. The second-order valence-electron chi connectivity index (χ2n) is 7.94. The Labute approximate surface area is 178 Å². The van der Waals surface area contributed by atoms with E-state index in [1.54, 1.807) is 11.1 Å². The number of ether oxygens (including phenoxy) is 1. The maximum absolute atomic E-state index is 13.0. The maximum atomic E-state index is 13.0. The molecule has 0 atom stereocenters. The number of hydrogen-bond donors (Lipinski definition) is 1. The molecule has 0 spiro atoms. The Balaban J connectivity index is 1.49. The normalized spacial score (nSPS) is 17.8. The van der Waals surface area contributed by atoms with Crippen LogP contribution in [0.2, 0.25) is 0 Å². The smallest absolute Gasteiger partial charge is 0.274 e. The van der Waals surface area contributed by atoms with Crippen molar-refractivity contribution in [1.29, 1.82) is 0 Å². The number of carbonyl (C=O) groups is 2. The van der Waals surface area contributed by atoms with Gasteiger partial charge < -0.3 is 19.9 Å². The third-order valence-electron chi connectivity index (χ3n) is 5.63. The van der Waals surface area contributed by atoms with Gasteiger partial charge in [-0.2, -0.15) is 0 Å². The van der Waals surface area contributed by atoms with E-state index in [1.807, 2.05) is 6.92 Å². The molecule has 3 heterocycles. The number of likely N-dealkylation sites (tertiary alicyclic amines) is 1. The maximum Gasteiger partial charge on any atom is 0.274 e. The Morgan fingerprint density at radius 2 is 1.77 bits per heavy atom. The summed E-state index contributed by atoms with van der Waals surface area (Å²) in [5.41, 5.74) is 1.08. The van der Waals surface area contributed by atoms with Crippen LogP contribution in [-0.4, -0.2) is 109 Å². The zero-order valence-electron chi connectivity index (χ0n) is 18.0. The highest BCUT2D eigenvalue weighted by molar-refractivity contribution is 5.92. The minimum absolute atomic E-state index is 0.0200. The summed E-state index contributed by atoms with van der Waals surface area (Å²) in [6.45, 7) is 10.5. The summed E-state index contributed by atoms with van der Waals surface area (Å²) >= 11 is 0. The first-order valence-corrected chi connectivity index (χ1v) is 11.0. The number of amides is 2. The van der Waals surface area contributed by atoms with Crippen molar-refractivity contribution in [2.24, 2.45) is 0 Å². The van der Waals surface area contributed by atoms with Crippen LogP contribution in [0.5, 0.6) is 0 Å². The second kappa shape index (κ2) is 11.9. The molecule has 2 saturated heterocycles. The van der Waals surface area contributed by atoms with E-state index in [2.05, 4.69) is 25.1 Å². The largest absolute Gasteiger partial charge is 0.379 e. The Morgan fingerprint density at radius 3 is 2.47 bits per heavy atom. The predicted molar refractivity (Wildman–Crippen MR) is 113 cm³/mol. The van der Waals surface area contributed by atoms with Crippen LogP contribution >= 0.6 is 0 Å². The molecule has 9 heteroatoms. The molecule has 30 heavy (non-hydrogen) atoms. The van der Waals surface area contributed by atoms with E-state index in [0.29, 0.717) is 25.3 Å². The van der Waals surface area contributed by atoms with Gasteiger partial charge in [-0.05, 0) is 32.9 Å². The van der Waals surface area contributed by atoms with Gasteiger partial charge in [0.15, 0.2) is 0 Å². The monoisotopic (exact) mass is 418 g/mol. The summed E-state index contributed by atoms with van der Waals surface area (Å²) in [6, 6.07) is 0. The molecular formula is C21H34N6O3. The SMILES string of the molecule is Cc1cnc(C(=O)N(CCC(=O)NCCN2CCCC2)CCN2CCOCC2)cn1. The molecule has 2 fully saturated rings. The number of nitrogens with zero attached hydrogens (tertiary/aromatic N) is 5. The molecule has 3 rings (SSSR count). The molecule has 0 unspecified atom stereocenters. The average molecular weight is 419 g/mol. The lowest BCUT2D eigenvalue weighted by Gasteiger charge is -2.30. The van der Waals surface area contributed by atoms with Crippen LogP contribution < -0.4 is 5.32 Å². The van der Waals surface area contributed by atoms with Gasteiger partial charge in [-0.1, -0.05) is 0 Å². The van der Waals surface area contributed by atoms with Gasteiger partial charge in [0, 0.05) is 58.4 Å². The molecule has 166 valence electrons. The minimum Gasteiger partial charge on any atom is -0.379 e. The van der Waals surface area contributed by atoms with Crippen LogP contribution in [0.25, 0.3) is 0 Å². The summed E-state index contributed by atoms with van der Waals surface area (Å²) in [6.07, 6.45) is 5.88. The number of carbonyl (C=O) groups excluding carboxylic acids is 2.